The Balaban J connectivity index is 1.82. The summed E-state index contributed by atoms with van der Waals surface area (Å²) in [6, 6.07) is 24.2. The summed E-state index contributed by atoms with van der Waals surface area (Å²) in [6.45, 7) is 0. The second kappa shape index (κ2) is 6.04. The number of hydrogen-bond acceptors (Lipinski definition) is 3. The van der Waals surface area contributed by atoms with Gasteiger partial charge in [-0.25, -0.2) is 0 Å². The molecule has 2 aliphatic rings. The van der Waals surface area contributed by atoms with Gasteiger partial charge in [-0.15, -0.1) is 0 Å². The number of rotatable bonds is 0. The Labute approximate surface area is 168 Å². The first kappa shape index (κ1) is 16.1. The van der Waals surface area contributed by atoms with E-state index in [1.807, 2.05) is 80.1 Å². The van der Waals surface area contributed by atoms with E-state index in [4.69, 9.17) is 14.5 Å². The second-order valence-electron chi connectivity index (χ2n) is 7.13. The zero-order valence-electron chi connectivity index (χ0n) is 15.8. The van der Waals surface area contributed by atoms with Crippen LogP contribution in [0.15, 0.2) is 85.2 Å². The monoisotopic (exact) mass is 377 g/mol. The number of aryl methyl sites for hydroxylation is 1. The van der Waals surface area contributed by atoms with Crippen molar-refractivity contribution in [3.05, 3.63) is 108 Å². The Morgan fingerprint density at radius 3 is 2.07 bits per heavy atom. The van der Waals surface area contributed by atoms with E-state index in [1.54, 1.807) is 0 Å². The molecule has 4 nitrogen and oxygen atoms in total. The van der Waals surface area contributed by atoms with Crippen molar-refractivity contribution in [2.45, 2.75) is 0 Å². The van der Waals surface area contributed by atoms with Crippen LogP contribution in [0.25, 0.3) is 11.1 Å². The Kier molecular flexibility index (Phi) is 3.35. The van der Waals surface area contributed by atoms with Crippen LogP contribution in [0.3, 0.4) is 0 Å². The maximum atomic E-state index is 6.25. The summed E-state index contributed by atoms with van der Waals surface area (Å²) < 4.78 is 14.5. The van der Waals surface area contributed by atoms with Crippen molar-refractivity contribution in [1.82, 2.24) is 4.98 Å². The van der Waals surface area contributed by atoms with E-state index < -0.39 is 0 Å². The largest absolute Gasteiger partial charge is 0.454 e. The van der Waals surface area contributed by atoms with E-state index in [0.29, 0.717) is 0 Å². The second-order valence-corrected chi connectivity index (χ2v) is 7.13. The molecule has 0 bridgehead atoms. The molecule has 6 rings (SSSR count). The van der Waals surface area contributed by atoms with Crippen LogP contribution in [0.2, 0.25) is 0 Å². The molecule has 4 aromatic rings. The molecule has 4 heterocycles. The molecule has 0 radical (unpaired) electrons. The van der Waals surface area contributed by atoms with Gasteiger partial charge >= 0.3 is 0 Å². The quantitative estimate of drug-likeness (QED) is 0.345. The number of nitrogens with zero attached hydrogens (tertiary/aromatic N) is 2. The van der Waals surface area contributed by atoms with Crippen LogP contribution in [-0.4, -0.2) is 4.98 Å². The summed E-state index contributed by atoms with van der Waals surface area (Å²) in [4.78, 5) is 4.72. The molecular weight excluding hydrogens is 360 g/mol. The zero-order chi connectivity index (χ0) is 19.4. The normalized spacial score (nSPS) is 15.9. The molecule has 2 aromatic heterocycles. The van der Waals surface area contributed by atoms with Crippen LogP contribution in [0, 0.1) is 0 Å². The van der Waals surface area contributed by atoms with Crippen molar-refractivity contribution in [3.8, 4) is 23.0 Å². The molecule has 0 aliphatic carbocycles. The van der Waals surface area contributed by atoms with E-state index in [1.165, 1.54) is 0 Å². The maximum absolute atomic E-state index is 6.25. The Bertz CT molecular complexity index is 1280. The number of aromatic nitrogens is 2. The molecule has 0 spiro atoms. The molecule has 0 unspecified atom stereocenters. The van der Waals surface area contributed by atoms with Gasteiger partial charge in [0.15, 0.2) is 17.7 Å². The third kappa shape index (κ3) is 2.32. The lowest BCUT2D eigenvalue weighted by molar-refractivity contribution is -0.674. The predicted molar refractivity (Wildman–Crippen MR) is 110 cm³/mol. The highest BCUT2D eigenvalue weighted by Gasteiger charge is 2.36. The highest BCUT2D eigenvalue weighted by Crippen LogP contribution is 2.51. The smallest absolute Gasteiger partial charge is 0.256 e. The molecule has 138 valence electrons. The highest BCUT2D eigenvalue weighted by atomic mass is 16.5. The van der Waals surface area contributed by atoms with Gasteiger partial charge in [-0.1, -0.05) is 36.4 Å². The van der Waals surface area contributed by atoms with Gasteiger partial charge in [0.25, 0.3) is 5.69 Å². The first-order valence-electron chi connectivity index (χ1n) is 9.54. The van der Waals surface area contributed by atoms with Crippen molar-refractivity contribution in [2.75, 3.05) is 0 Å². The summed E-state index contributed by atoms with van der Waals surface area (Å²) in [5.41, 5.74) is 6.09. The predicted octanol–water partition coefficient (Wildman–Crippen LogP) is 5.12. The van der Waals surface area contributed by atoms with Crippen molar-refractivity contribution >= 4 is 11.1 Å². The van der Waals surface area contributed by atoms with Gasteiger partial charge in [-0.2, -0.15) is 4.57 Å². The molecule has 0 N–H and O–H groups in total. The summed E-state index contributed by atoms with van der Waals surface area (Å²) in [6.07, 6.45) is 3.86. The molecule has 0 saturated carbocycles. The number of fused-ring (bicyclic) bond motifs is 4. The number of benzene rings is 2. The fraction of sp³-hybridized carbons (Fsp3) is 0.0400. The highest BCUT2D eigenvalue weighted by molar-refractivity contribution is 6.08. The van der Waals surface area contributed by atoms with Gasteiger partial charge in [-0.05, 0) is 30.3 Å². The minimum absolute atomic E-state index is 0.762. The minimum atomic E-state index is 0.762. The van der Waals surface area contributed by atoms with E-state index in [9.17, 15) is 0 Å². The molecular formula is C25H17N2O2+. The van der Waals surface area contributed by atoms with Gasteiger partial charge in [0.05, 0.1) is 5.57 Å². The van der Waals surface area contributed by atoms with Gasteiger partial charge in [0, 0.05) is 29.0 Å². The third-order valence-electron chi connectivity index (χ3n) is 5.39. The molecule has 0 fully saturated rings. The van der Waals surface area contributed by atoms with Gasteiger partial charge < -0.3 is 9.47 Å². The van der Waals surface area contributed by atoms with E-state index in [-0.39, 0.29) is 0 Å². The molecule has 2 aromatic carbocycles. The number of hydrogen-bond donors (Lipinski definition) is 0. The fourth-order valence-corrected chi connectivity index (χ4v) is 4.15. The average Bonchev–Trinajstić information content (AvgIpc) is 2.76. The first-order chi connectivity index (χ1) is 14.3. The lowest BCUT2D eigenvalue weighted by Crippen LogP contribution is -2.34. The lowest BCUT2D eigenvalue weighted by atomic mass is 9.86. The van der Waals surface area contributed by atoms with Gasteiger partial charge in [-0.3, -0.25) is 4.98 Å². The molecule has 0 saturated heterocycles. The lowest BCUT2D eigenvalue weighted by Gasteiger charge is -2.27. The van der Waals surface area contributed by atoms with Crippen LogP contribution >= 0.6 is 0 Å². The third-order valence-corrected chi connectivity index (χ3v) is 5.39. The van der Waals surface area contributed by atoms with Crippen molar-refractivity contribution in [2.24, 2.45) is 7.05 Å². The summed E-state index contributed by atoms with van der Waals surface area (Å²) in [5.74, 6) is 3.27. The van der Waals surface area contributed by atoms with Crippen LogP contribution < -0.4 is 14.0 Å². The van der Waals surface area contributed by atoms with Crippen LogP contribution in [0.1, 0.15) is 22.5 Å². The van der Waals surface area contributed by atoms with E-state index in [0.717, 1.165) is 56.7 Å². The van der Waals surface area contributed by atoms with Crippen molar-refractivity contribution in [1.29, 1.82) is 0 Å². The average molecular weight is 377 g/mol. The summed E-state index contributed by atoms with van der Waals surface area (Å²) in [5, 5.41) is 0. The van der Waals surface area contributed by atoms with Crippen molar-refractivity contribution < 1.29 is 14.0 Å². The van der Waals surface area contributed by atoms with Crippen LogP contribution in [0.5, 0.6) is 23.0 Å². The van der Waals surface area contributed by atoms with Gasteiger partial charge in [0.2, 0.25) is 0 Å². The Morgan fingerprint density at radius 1 is 0.655 bits per heavy atom. The number of pyridine rings is 2. The van der Waals surface area contributed by atoms with Gasteiger partial charge in [0.1, 0.15) is 24.2 Å². The molecule has 29 heavy (non-hydrogen) atoms. The topological polar surface area (TPSA) is 35.2 Å². The minimum Gasteiger partial charge on any atom is -0.454 e. The Hall–Kier alpha value is -3.92. The summed E-state index contributed by atoms with van der Waals surface area (Å²) >= 11 is 0. The van der Waals surface area contributed by atoms with E-state index in [2.05, 4.69) is 16.7 Å². The maximum Gasteiger partial charge on any atom is 0.256 e. The van der Waals surface area contributed by atoms with E-state index >= 15 is 0 Å². The SMILES string of the molecule is C[n+]1cccc2c1/C(=C1/c3ccccc3Oc3cccnc31)c1ccccc1O2. The Morgan fingerprint density at radius 2 is 1.28 bits per heavy atom. The van der Waals surface area contributed by atoms with Crippen molar-refractivity contribution in [3.63, 3.8) is 0 Å². The fourth-order valence-electron chi connectivity index (χ4n) is 4.15. The first-order valence-corrected chi connectivity index (χ1v) is 9.54. The number of para-hydroxylation sites is 2. The summed E-state index contributed by atoms with van der Waals surface area (Å²) in [7, 11) is 2.04. The molecule has 4 heteroatoms. The standard InChI is InChI=1S/C25H17N2O2/c1-27-15-7-13-21-25(27)23(17-9-3-5-11-19(17)29-21)22-16-8-2-4-10-18(16)28-20-12-6-14-26-24(20)22/h2-15H,1H3/q+1/b23-22-. The van der Waals surface area contributed by atoms with Crippen LogP contribution in [0.4, 0.5) is 0 Å². The molecule has 0 amide bonds. The molecule has 2 aliphatic heterocycles. The zero-order valence-corrected chi connectivity index (χ0v) is 15.8. The number of ether oxygens (including phenoxy) is 2. The van der Waals surface area contributed by atoms with Crippen LogP contribution in [-0.2, 0) is 7.05 Å². The molecule has 0 atom stereocenters.